The molecule has 0 aliphatic carbocycles. The second-order valence-corrected chi connectivity index (χ2v) is 8.74. The van der Waals surface area contributed by atoms with E-state index in [0.29, 0.717) is 11.6 Å². The lowest BCUT2D eigenvalue weighted by Gasteiger charge is -2.33. The van der Waals surface area contributed by atoms with E-state index < -0.39 is 0 Å². The van der Waals surface area contributed by atoms with Crippen molar-refractivity contribution in [2.24, 2.45) is 0 Å². The molecule has 4 aromatic rings. The van der Waals surface area contributed by atoms with Crippen LogP contribution in [0.1, 0.15) is 35.3 Å². The van der Waals surface area contributed by atoms with E-state index in [1.54, 1.807) is 17.4 Å². The number of hydrogen-bond acceptors (Lipinski definition) is 6. The van der Waals surface area contributed by atoms with Crippen LogP contribution >= 0.6 is 11.3 Å². The fourth-order valence-corrected chi connectivity index (χ4v) is 5.05. The molecule has 0 amide bonds. The molecular weight excluding hydrogens is 408 g/mol. The molecule has 7 heteroatoms. The first-order valence-electron chi connectivity index (χ1n) is 10.2. The van der Waals surface area contributed by atoms with E-state index in [1.165, 1.54) is 12.7 Å². The number of carbonyl (C=O) groups is 1. The Morgan fingerprint density at radius 3 is 2.74 bits per heavy atom. The predicted octanol–water partition coefficient (Wildman–Crippen LogP) is 4.88. The zero-order chi connectivity index (χ0) is 22.0. The molecule has 0 radical (unpaired) electrons. The van der Waals surface area contributed by atoms with Gasteiger partial charge in [-0.25, -0.2) is 14.8 Å². The van der Waals surface area contributed by atoms with Crippen LogP contribution in [-0.4, -0.2) is 52.7 Å². The van der Waals surface area contributed by atoms with Gasteiger partial charge in [0.15, 0.2) is 0 Å². The Morgan fingerprint density at radius 1 is 1.23 bits per heavy atom. The minimum Gasteiger partial charge on any atom is -0.465 e. The van der Waals surface area contributed by atoms with Crippen molar-refractivity contribution in [1.82, 2.24) is 19.4 Å². The van der Waals surface area contributed by atoms with Crippen LogP contribution in [0.4, 0.5) is 0 Å². The molecule has 0 bridgehead atoms. The number of esters is 1. The highest BCUT2D eigenvalue weighted by Gasteiger charge is 2.25. The smallest absolute Gasteiger partial charge is 0.337 e. The summed E-state index contributed by atoms with van der Waals surface area (Å²) < 4.78 is 8.15. The second kappa shape index (κ2) is 8.99. The van der Waals surface area contributed by atoms with Crippen LogP contribution in [0.3, 0.4) is 0 Å². The molecule has 0 saturated heterocycles. The number of aromatic nitrogens is 3. The summed E-state index contributed by atoms with van der Waals surface area (Å²) in [6.45, 7) is 2.21. The van der Waals surface area contributed by atoms with Gasteiger partial charge in [0.2, 0.25) is 0 Å². The molecular formula is C24H26N4O2S. The third-order valence-corrected chi connectivity index (χ3v) is 6.64. The summed E-state index contributed by atoms with van der Waals surface area (Å²) in [5, 5.41) is 0.886. The molecule has 2 aromatic carbocycles. The zero-order valence-electron chi connectivity index (χ0n) is 18.1. The van der Waals surface area contributed by atoms with Gasteiger partial charge in [-0.2, -0.15) is 0 Å². The Labute approximate surface area is 186 Å². The van der Waals surface area contributed by atoms with E-state index in [2.05, 4.69) is 53.7 Å². The van der Waals surface area contributed by atoms with Crippen molar-refractivity contribution in [2.75, 3.05) is 21.2 Å². The van der Waals surface area contributed by atoms with Crippen molar-refractivity contribution in [3.63, 3.8) is 0 Å². The van der Waals surface area contributed by atoms with Gasteiger partial charge in [-0.1, -0.05) is 25.1 Å². The zero-order valence-corrected chi connectivity index (χ0v) is 19.0. The van der Waals surface area contributed by atoms with E-state index >= 15 is 0 Å². The Balaban J connectivity index is 1.75. The van der Waals surface area contributed by atoms with Crippen LogP contribution in [0.2, 0.25) is 0 Å². The summed E-state index contributed by atoms with van der Waals surface area (Å²) in [6, 6.07) is 14.4. The Hall–Kier alpha value is -3.03. The number of likely N-dealkylation sites (N-methyl/N-ethyl adjacent to an activating group) is 1. The van der Waals surface area contributed by atoms with Crippen molar-refractivity contribution in [1.29, 1.82) is 0 Å². The number of fused-ring (bicyclic) bond motifs is 1. The molecule has 0 N–H and O–H groups in total. The van der Waals surface area contributed by atoms with Crippen LogP contribution in [0.5, 0.6) is 0 Å². The van der Waals surface area contributed by atoms with Crippen LogP contribution in [0.15, 0.2) is 61.2 Å². The van der Waals surface area contributed by atoms with Crippen LogP contribution in [-0.2, 0) is 4.74 Å². The second-order valence-electron chi connectivity index (χ2n) is 7.71. The first-order valence-corrected chi connectivity index (χ1v) is 11.1. The average Bonchev–Trinajstić information content (AvgIpc) is 3.46. The van der Waals surface area contributed by atoms with Crippen molar-refractivity contribution in [2.45, 2.75) is 25.4 Å². The maximum Gasteiger partial charge on any atom is 0.337 e. The normalized spacial score (nSPS) is 13.5. The van der Waals surface area contributed by atoms with E-state index in [9.17, 15) is 4.79 Å². The molecule has 31 heavy (non-hydrogen) atoms. The van der Waals surface area contributed by atoms with Crippen LogP contribution in [0, 0.1) is 0 Å². The topological polar surface area (TPSA) is 60.2 Å². The number of imidazole rings is 1. The lowest BCUT2D eigenvalue weighted by atomic mass is 9.96. The Bertz CT molecular complexity index is 1180. The number of rotatable bonds is 7. The first kappa shape index (κ1) is 21.2. The number of ether oxygens (including phenoxy) is 1. The van der Waals surface area contributed by atoms with E-state index in [1.807, 2.05) is 36.9 Å². The van der Waals surface area contributed by atoms with Crippen LogP contribution in [0.25, 0.3) is 20.8 Å². The third-order valence-electron chi connectivity index (χ3n) is 5.58. The van der Waals surface area contributed by atoms with Crippen molar-refractivity contribution < 1.29 is 9.53 Å². The number of hydrogen-bond donors (Lipinski definition) is 0. The molecule has 2 aromatic heterocycles. The number of methoxy groups -OCH3 is 1. The minimum atomic E-state index is -0.345. The summed E-state index contributed by atoms with van der Waals surface area (Å²) in [5.74, 6) is -0.345. The van der Waals surface area contributed by atoms with Crippen molar-refractivity contribution in [3.8, 4) is 10.6 Å². The van der Waals surface area contributed by atoms with Gasteiger partial charge in [-0.05, 0) is 50.3 Å². The van der Waals surface area contributed by atoms with E-state index in [0.717, 1.165) is 27.2 Å². The number of benzene rings is 2. The minimum absolute atomic E-state index is 0.153. The molecule has 2 atom stereocenters. The highest BCUT2D eigenvalue weighted by atomic mass is 32.1. The molecule has 0 aliphatic heterocycles. The molecule has 160 valence electrons. The van der Waals surface area contributed by atoms with Gasteiger partial charge in [0.1, 0.15) is 5.01 Å². The standard InChI is InChI=1S/C24H26N4O2S/c1-5-20(27(2)3)22(28-12-11-25-15-28)16-9-10-19-21(14-16)31-23(26-19)17-7-6-8-18(13-17)24(29)30-4/h6-15,20,22H,5H2,1-4H3. The SMILES string of the molecule is CCC(C(c1ccc2nc(-c3cccc(C(=O)OC)c3)sc2c1)n1ccnc1)N(C)C. The number of carbonyl (C=O) groups excluding carboxylic acids is 1. The van der Waals surface area contributed by atoms with Gasteiger partial charge in [0, 0.05) is 24.0 Å². The van der Waals surface area contributed by atoms with Gasteiger partial charge in [0.05, 0.1) is 35.3 Å². The number of nitrogens with zero attached hydrogens (tertiary/aromatic N) is 4. The quantitative estimate of drug-likeness (QED) is 0.388. The summed E-state index contributed by atoms with van der Waals surface area (Å²) in [5.41, 5.74) is 3.62. The lowest BCUT2D eigenvalue weighted by Crippen LogP contribution is -2.36. The molecule has 4 rings (SSSR count). The molecule has 0 fully saturated rings. The molecule has 0 aliphatic rings. The molecule has 6 nitrogen and oxygen atoms in total. The van der Waals surface area contributed by atoms with Gasteiger partial charge in [0.25, 0.3) is 0 Å². The van der Waals surface area contributed by atoms with Gasteiger partial charge in [-0.15, -0.1) is 11.3 Å². The Morgan fingerprint density at radius 2 is 2.06 bits per heavy atom. The van der Waals surface area contributed by atoms with E-state index in [4.69, 9.17) is 9.72 Å². The molecule has 2 unspecified atom stereocenters. The predicted molar refractivity (Wildman–Crippen MR) is 125 cm³/mol. The van der Waals surface area contributed by atoms with Crippen LogP contribution < -0.4 is 0 Å². The van der Waals surface area contributed by atoms with Crippen molar-refractivity contribution in [3.05, 3.63) is 72.3 Å². The fourth-order valence-electron chi connectivity index (χ4n) is 4.04. The maximum absolute atomic E-state index is 11.9. The molecule has 2 heterocycles. The highest BCUT2D eigenvalue weighted by Crippen LogP contribution is 2.34. The average molecular weight is 435 g/mol. The summed E-state index contributed by atoms with van der Waals surface area (Å²) in [6.07, 6.45) is 6.75. The summed E-state index contributed by atoms with van der Waals surface area (Å²) in [7, 11) is 5.63. The molecule has 0 spiro atoms. The maximum atomic E-state index is 11.9. The monoisotopic (exact) mass is 434 g/mol. The Kier molecular flexibility index (Phi) is 6.15. The van der Waals surface area contributed by atoms with E-state index in [-0.39, 0.29) is 12.0 Å². The first-order chi connectivity index (χ1) is 15.0. The fraction of sp³-hybridized carbons (Fsp3) is 0.292. The highest BCUT2D eigenvalue weighted by molar-refractivity contribution is 7.21. The lowest BCUT2D eigenvalue weighted by molar-refractivity contribution is 0.0601. The van der Waals surface area contributed by atoms with Crippen molar-refractivity contribution >= 4 is 27.5 Å². The molecule has 0 saturated carbocycles. The van der Waals surface area contributed by atoms with Gasteiger partial charge >= 0.3 is 5.97 Å². The van der Waals surface area contributed by atoms with Gasteiger partial charge < -0.3 is 14.2 Å². The number of thiazole rings is 1. The largest absolute Gasteiger partial charge is 0.465 e. The summed E-state index contributed by atoms with van der Waals surface area (Å²) >= 11 is 1.63. The van der Waals surface area contributed by atoms with Gasteiger partial charge in [-0.3, -0.25) is 0 Å². The third kappa shape index (κ3) is 4.24. The summed E-state index contributed by atoms with van der Waals surface area (Å²) in [4.78, 5) is 23.3.